The summed E-state index contributed by atoms with van der Waals surface area (Å²) in [6, 6.07) is 6.38. The van der Waals surface area contributed by atoms with E-state index in [0.29, 0.717) is 0 Å². The average molecular weight is 215 g/mol. The van der Waals surface area contributed by atoms with E-state index in [1.54, 1.807) is 0 Å². The predicted molar refractivity (Wildman–Crippen MR) is 67.3 cm³/mol. The number of nitrogens with two attached hydrogens (primary N) is 1. The topological polar surface area (TPSA) is 43.8 Å². The molecule has 0 aliphatic rings. The number of hydrogen-bond donors (Lipinski definition) is 1. The van der Waals surface area contributed by atoms with Gasteiger partial charge in [0.05, 0.1) is 0 Å². The van der Waals surface area contributed by atoms with Gasteiger partial charge in [0.2, 0.25) is 0 Å². The fourth-order valence-corrected chi connectivity index (χ4v) is 1.95. The number of imidazole rings is 1. The normalized spacial score (nSPS) is 10.8. The second kappa shape index (κ2) is 3.67. The van der Waals surface area contributed by atoms with Crippen LogP contribution in [0.25, 0.3) is 11.3 Å². The van der Waals surface area contributed by atoms with Crippen molar-refractivity contribution in [1.29, 1.82) is 0 Å². The molecule has 3 heteroatoms. The van der Waals surface area contributed by atoms with E-state index in [9.17, 15) is 0 Å². The summed E-state index contributed by atoms with van der Waals surface area (Å²) in [5, 5.41) is 0. The number of nitrogen functional groups attached to an aromatic ring is 1. The van der Waals surface area contributed by atoms with Crippen LogP contribution in [0.2, 0.25) is 0 Å². The summed E-state index contributed by atoms with van der Waals surface area (Å²) in [6.07, 6.45) is 0. The highest BCUT2D eigenvalue weighted by molar-refractivity contribution is 5.72. The molecule has 0 saturated heterocycles. The Balaban J connectivity index is 2.62. The molecule has 0 radical (unpaired) electrons. The van der Waals surface area contributed by atoms with Crippen LogP contribution < -0.4 is 5.73 Å². The quantitative estimate of drug-likeness (QED) is 0.794. The molecule has 2 rings (SSSR count). The number of anilines is 1. The third-order valence-corrected chi connectivity index (χ3v) is 2.86. The van der Waals surface area contributed by atoms with Crippen molar-refractivity contribution in [3.05, 3.63) is 35.2 Å². The van der Waals surface area contributed by atoms with Crippen molar-refractivity contribution in [3.8, 4) is 11.3 Å². The van der Waals surface area contributed by atoms with Crippen molar-refractivity contribution in [1.82, 2.24) is 9.55 Å². The smallest absolute Gasteiger partial charge is 0.131 e. The molecule has 2 N–H and O–H groups in total. The zero-order chi connectivity index (χ0) is 11.9. The van der Waals surface area contributed by atoms with Crippen LogP contribution in [-0.2, 0) is 7.05 Å². The molecule has 1 aromatic carbocycles. The minimum absolute atomic E-state index is 0.725. The van der Waals surface area contributed by atoms with Crippen LogP contribution in [0, 0.1) is 20.8 Å². The molecule has 3 nitrogen and oxygen atoms in total. The monoisotopic (exact) mass is 215 g/mol. The first-order valence-electron chi connectivity index (χ1n) is 5.36. The third kappa shape index (κ3) is 1.69. The van der Waals surface area contributed by atoms with Crippen molar-refractivity contribution >= 4 is 5.82 Å². The summed E-state index contributed by atoms with van der Waals surface area (Å²) in [4.78, 5) is 4.50. The lowest BCUT2D eigenvalue weighted by molar-refractivity contribution is 0.868. The first-order chi connectivity index (χ1) is 7.49. The molecule has 84 valence electrons. The largest absolute Gasteiger partial charge is 0.383 e. The van der Waals surface area contributed by atoms with E-state index >= 15 is 0 Å². The number of aryl methyl sites for hydroxylation is 3. The van der Waals surface area contributed by atoms with Crippen molar-refractivity contribution in [2.45, 2.75) is 20.8 Å². The van der Waals surface area contributed by atoms with Crippen LogP contribution in [0.3, 0.4) is 0 Å². The molecule has 0 amide bonds. The molecule has 0 unspecified atom stereocenters. The summed E-state index contributed by atoms with van der Waals surface area (Å²) < 4.78 is 1.91. The van der Waals surface area contributed by atoms with Crippen LogP contribution in [0.5, 0.6) is 0 Å². The summed E-state index contributed by atoms with van der Waals surface area (Å²) in [5.74, 6) is 1.66. The van der Waals surface area contributed by atoms with Gasteiger partial charge in [0.15, 0.2) is 0 Å². The third-order valence-electron chi connectivity index (χ3n) is 2.86. The van der Waals surface area contributed by atoms with Gasteiger partial charge in [0.1, 0.15) is 17.3 Å². The lowest BCUT2D eigenvalue weighted by Crippen LogP contribution is -1.98. The Morgan fingerprint density at radius 2 is 1.62 bits per heavy atom. The molecule has 1 heterocycles. The summed E-state index contributed by atoms with van der Waals surface area (Å²) in [5.41, 5.74) is 10.5. The van der Waals surface area contributed by atoms with Crippen molar-refractivity contribution in [2.24, 2.45) is 7.05 Å². The maximum absolute atomic E-state index is 6.04. The van der Waals surface area contributed by atoms with Gasteiger partial charge in [0, 0.05) is 12.6 Å². The second-order valence-electron chi connectivity index (χ2n) is 4.33. The average Bonchev–Trinajstić information content (AvgIpc) is 2.44. The van der Waals surface area contributed by atoms with Crippen LogP contribution in [-0.4, -0.2) is 9.55 Å². The fourth-order valence-electron chi connectivity index (χ4n) is 1.95. The Morgan fingerprint density at radius 3 is 2.06 bits per heavy atom. The van der Waals surface area contributed by atoms with Crippen molar-refractivity contribution in [3.63, 3.8) is 0 Å². The van der Waals surface area contributed by atoms with E-state index < -0.39 is 0 Å². The van der Waals surface area contributed by atoms with Crippen LogP contribution in [0.1, 0.15) is 17.0 Å². The van der Waals surface area contributed by atoms with Crippen LogP contribution >= 0.6 is 0 Å². The molecule has 0 atom stereocenters. The molecule has 0 spiro atoms. The van der Waals surface area contributed by atoms with Crippen molar-refractivity contribution < 1.29 is 0 Å². The molecular weight excluding hydrogens is 198 g/mol. The fraction of sp³-hybridized carbons (Fsp3) is 0.308. The zero-order valence-corrected chi connectivity index (χ0v) is 10.2. The van der Waals surface area contributed by atoms with Gasteiger partial charge in [0.25, 0.3) is 0 Å². The number of aromatic nitrogens is 2. The molecule has 0 saturated carbocycles. The van der Waals surface area contributed by atoms with E-state index in [1.165, 1.54) is 11.1 Å². The van der Waals surface area contributed by atoms with Gasteiger partial charge in [-0.2, -0.15) is 0 Å². The summed E-state index contributed by atoms with van der Waals surface area (Å²) in [6.45, 7) is 6.13. The van der Waals surface area contributed by atoms with Crippen molar-refractivity contribution in [2.75, 3.05) is 5.73 Å². The molecule has 1 aromatic heterocycles. The molecule has 16 heavy (non-hydrogen) atoms. The first kappa shape index (κ1) is 10.7. The van der Waals surface area contributed by atoms with Gasteiger partial charge in [-0.3, -0.25) is 0 Å². The second-order valence-corrected chi connectivity index (χ2v) is 4.33. The SMILES string of the molecule is Cc1cc(C)cc(-c2nc(C)n(C)c2N)c1. The van der Waals surface area contributed by atoms with Gasteiger partial charge in [-0.15, -0.1) is 0 Å². The van der Waals surface area contributed by atoms with Gasteiger partial charge < -0.3 is 10.3 Å². The minimum atomic E-state index is 0.725. The highest BCUT2D eigenvalue weighted by Gasteiger charge is 2.11. The molecule has 0 bridgehead atoms. The van der Waals surface area contributed by atoms with Gasteiger partial charge in [-0.05, 0) is 32.9 Å². The number of rotatable bonds is 1. The maximum Gasteiger partial charge on any atom is 0.131 e. The lowest BCUT2D eigenvalue weighted by atomic mass is 10.1. The molecule has 0 fully saturated rings. The predicted octanol–water partition coefficient (Wildman–Crippen LogP) is 2.59. The lowest BCUT2D eigenvalue weighted by Gasteiger charge is -2.03. The van der Waals surface area contributed by atoms with Gasteiger partial charge in [-0.1, -0.05) is 17.2 Å². The summed E-state index contributed by atoms with van der Waals surface area (Å²) >= 11 is 0. The number of hydrogen-bond acceptors (Lipinski definition) is 2. The Kier molecular flexibility index (Phi) is 2.46. The first-order valence-corrected chi connectivity index (χ1v) is 5.36. The Bertz CT molecular complexity index is 518. The summed E-state index contributed by atoms with van der Waals surface area (Å²) in [7, 11) is 1.93. The maximum atomic E-state index is 6.04. The Labute approximate surface area is 95.9 Å². The zero-order valence-electron chi connectivity index (χ0n) is 10.2. The Morgan fingerprint density at radius 1 is 1.06 bits per heavy atom. The number of nitrogens with zero attached hydrogens (tertiary/aromatic N) is 2. The van der Waals surface area contributed by atoms with E-state index in [1.807, 2.05) is 18.5 Å². The molecule has 0 aliphatic carbocycles. The highest BCUT2D eigenvalue weighted by Crippen LogP contribution is 2.26. The number of benzene rings is 1. The molecule has 2 aromatic rings. The van der Waals surface area contributed by atoms with Gasteiger partial charge in [-0.25, -0.2) is 4.98 Å². The van der Waals surface area contributed by atoms with Crippen LogP contribution in [0.15, 0.2) is 18.2 Å². The van der Waals surface area contributed by atoms with E-state index in [0.717, 1.165) is 22.9 Å². The van der Waals surface area contributed by atoms with E-state index in [2.05, 4.69) is 37.0 Å². The highest BCUT2D eigenvalue weighted by atomic mass is 15.1. The van der Waals surface area contributed by atoms with E-state index in [-0.39, 0.29) is 0 Å². The van der Waals surface area contributed by atoms with Crippen LogP contribution in [0.4, 0.5) is 5.82 Å². The molecule has 0 aliphatic heterocycles. The molecular formula is C13H17N3. The Hall–Kier alpha value is -1.77. The van der Waals surface area contributed by atoms with Gasteiger partial charge >= 0.3 is 0 Å². The standard InChI is InChI=1S/C13H17N3/c1-8-5-9(2)7-11(6-8)12-13(14)16(4)10(3)15-12/h5-7H,14H2,1-4H3. The van der Waals surface area contributed by atoms with E-state index in [4.69, 9.17) is 5.73 Å². The minimum Gasteiger partial charge on any atom is -0.383 e.